The van der Waals surface area contributed by atoms with Gasteiger partial charge >= 0.3 is 0 Å². The average molecular weight is 407 g/mol. The van der Waals surface area contributed by atoms with Crippen molar-refractivity contribution >= 4 is 28.8 Å². The van der Waals surface area contributed by atoms with Crippen molar-refractivity contribution in [2.45, 2.75) is 25.9 Å². The zero-order chi connectivity index (χ0) is 20.4. The topological polar surface area (TPSA) is 88.3 Å². The summed E-state index contributed by atoms with van der Waals surface area (Å²) >= 11 is 1.59. The van der Waals surface area contributed by atoms with Crippen LogP contribution in [0.5, 0.6) is 0 Å². The predicted molar refractivity (Wildman–Crippen MR) is 114 cm³/mol. The number of aromatic nitrogens is 1. The first-order chi connectivity index (χ1) is 14.0. The molecule has 1 aliphatic heterocycles. The van der Waals surface area contributed by atoms with Gasteiger partial charge < -0.3 is 11.1 Å². The van der Waals surface area contributed by atoms with E-state index in [0.29, 0.717) is 18.7 Å². The van der Waals surface area contributed by atoms with Crippen LogP contribution < -0.4 is 11.1 Å². The standard InChI is InChI=1S/C22H22N4O2S/c1-14-24-19(13-29-14)16-7-4-8-18(9-16)25-21(27)12-26-11-17-6-3-2-5-15(17)10-20(26)22(23)28/h2-9,13,20H,10-12H2,1H3,(H2,23,28)(H,25,27)/t20-/m1/s1. The van der Waals surface area contributed by atoms with Crippen LogP contribution in [0.1, 0.15) is 16.1 Å². The summed E-state index contributed by atoms with van der Waals surface area (Å²) in [7, 11) is 0. The minimum Gasteiger partial charge on any atom is -0.368 e. The van der Waals surface area contributed by atoms with Crippen LogP contribution in [0.4, 0.5) is 5.69 Å². The minimum absolute atomic E-state index is 0.0992. The lowest BCUT2D eigenvalue weighted by molar-refractivity contribution is -0.125. The van der Waals surface area contributed by atoms with Crippen LogP contribution in [0.15, 0.2) is 53.9 Å². The molecule has 0 saturated carbocycles. The molecule has 2 aromatic carbocycles. The molecule has 2 heterocycles. The molecular weight excluding hydrogens is 384 g/mol. The van der Waals surface area contributed by atoms with E-state index >= 15 is 0 Å². The average Bonchev–Trinajstić information content (AvgIpc) is 3.14. The molecule has 7 heteroatoms. The lowest BCUT2D eigenvalue weighted by atomic mass is 9.93. The number of primary amides is 1. The number of rotatable bonds is 5. The maximum Gasteiger partial charge on any atom is 0.238 e. The summed E-state index contributed by atoms with van der Waals surface area (Å²) in [5, 5.41) is 5.93. The highest BCUT2D eigenvalue weighted by molar-refractivity contribution is 7.09. The summed E-state index contributed by atoms with van der Waals surface area (Å²) < 4.78 is 0. The van der Waals surface area contributed by atoms with Crippen LogP contribution in [0, 0.1) is 6.92 Å². The molecule has 6 nitrogen and oxygen atoms in total. The number of aryl methyl sites for hydroxylation is 1. The zero-order valence-corrected chi connectivity index (χ0v) is 16.9. The summed E-state index contributed by atoms with van der Waals surface area (Å²) in [5.74, 6) is -0.588. The number of hydrogen-bond acceptors (Lipinski definition) is 5. The van der Waals surface area contributed by atoms with Gasteiger partial charge in [-0.25, -0.2) is 4.98 Å². The van der Waals surface area contributed by atoms with E-state index in [9.17, 15) is 9.59 Å². The van der Waals surface area contributed by atoms with Crippen LogP contribution >= 0.6 is 11.3 Å². The number of carbonyl (C=O) groups excluding carboxylic acids is 2. The molecule has 0 unspecified atom stereocenters. The van der Waals surface area contributed by atoms with E-state index in [1.807, 2.05) is 65.7 Å². The zero-order valence-electron chi connectivity index (χ0n) is 16.1. The largest absolute Gasteiger partial charge is 0.368 e. The van der Waals surface area contributed by atoms with Gasteiger partial charge in [-0.1, -0.05) is 36.4 Å². The summed E-state index contributed by atoms with van der Waals surface area (Å²) in [6, 6.07) is 15.1. The van der Waals surface area contributed by atoms with Crippen LogP contribution in [-0.2, 0) is 22.6 Å². The van der Waals surface area contributed by atoms with Crippen molar-refractivity contribution in [2.24, 2.45) is 5.73 Å². The Bertz CT molecular complexity index is 1060. The van der Waals surface area contributed by atoms with Gasteiger partial charge in [0.25, 0.3) is 0 Å². The predicted octanol–water partition coefficient (Wildman–Crippen LogP) is 2.97. The monoisotopic (exact) mass is 406 g/mol. The van der Waals surface area contributed by atoms with Crippen LogP contribution in [0.2, 0.25) is 0 Å². The molecule has 0 radical (unpaired) electrons. The Kier molecular flexibility index (Phi) is 5.42. The third kappa shape index (κ3) is 4.36. The first kappa shape index (κ1) is 19.3. The lowest BCUT2D eigenvalue weighted by Gasteiger charge is -2.34. The lowest BCUT2D eigenvalue weighted by Crippen LogP contribution is -2.50. The minimum atomic E-state index is -0.486. The molecule has 3 aromatic rings. The molecule has 0 spiro atoms. The van der Waals surface area contributed by atoms with Crippen molar-refractivity contribution in [1.82, 2.24) is 9.88 Å². The fourth-order valence-corrected chi connectivity index (χ4v) is 4.28. The second kappa shape index (κ2) is 8.14. The molecule has 1 atom stereocenters. The highest BCUT2D eigenvalue weighted by atomic mass is 32.1. The molecule has 3 N–H and O–H groups in total. The number of hydrogen-bond donors (Lipinski definition) is 2. The van der Waals surface area contributed by atoms with Gasteiger partial charge in [0.15, 0.2) is 0 Å². The number of nitrogens with two attached hydrogens (primary N) is 1. The van der Waals surface area contributed by atoms with Crippen molar-refractivity contribution in [3.8, 4) is 11.3 Å². The molecule has 29 heavy (non-hydrogen) atoms. The number of nitrogens with one attached hydrogen (secondary N) is 1. The van der Waals surface area contributed by atoms with Gasteiger partial charge in [-0.2, -0.15) is 0 Å². The number of fused-ring (bicyclic) bond motifs is 1. The van der Waals surface area contributed by atoms with E-state index in [1.54, 1.807) is 11.3 Å². The fourth-order valence-electron chi connectivity index (χ4n) is 3.66. The van der Waals surface area contributed by atoms with E-state index in [4.69, 9.17) is 5.73 Å². The Labute approximate surface area is 173 Å². The first-order valence-electron chi connectivity index (χ1n) is 9.42. The number of thiazole rings is 1. The number of anilines is 1. The number of benzene rings is 2. The van der Waals surface area contributed by atoms with E-state index in [-0.39, 0.29) is 12.5 Å². The van der Waals surface area contributed by atoms with Gasteiger partial charge in [-0.3, -0.25) is 14.5 Å². The Morgan fingerprint density at radius 2 is 2.00 bits per heavy atom. The second-order valence-corrected chi connectivity index (χ2v) is 8.24. The number of nitrogens with zero attached hydrogens (tertiary/aromatic N) is 2. The SMILES string of the molecule is Cc1nc(-c2cccc(NC(=O)CN3Cc4ccccc4C[C@@H]3C(N)=O)c2)cs1. The molecule has 2 amide bonds. The van der Waals surface area contributed by atoms with E-state index < -0.39 is 11.9 Å². The normalized spacial score (nSPS) is 16.2. The molecule has 4 rings (SSSR count). The van der Waals surface area contributed by atoms with E-state index in [1.165, 1.54) is 0 Å². The van der Waals surface area contributed by atoms with Crippen LogP contribution in [0.25, 0.3) is 11.3 Å². The Morgan fingerprint density at radius 3 is 2.72 bits per heavy atom. The van der Waals surface area contributed by atoms with Crippen molar-refractivity contribution in [1.29, 1.82) is 0 Å². The molecule has 0 aliphatic carbocycles. The van der Waals surface area contributed by atoms with Gasteiger partial charge in [0.05, 0.1) is 23.3 Å². The van der Waals surface area contributed by atoms with Crippen molar-refractivity contribution in [3.05, 3.63) is 70.0 Å². The molecular formula is C22H22N4O2S. The van der Waals surface area contributed by atoms with Gasteiger partial charge in [0.2, 0.25) is 11.8 Å². The summed E-state index contributed by atoms with van der Waals surface area (Å²) in [4.78, 5) is 31.0. The fraction of sp³-hybridized carbons (Fsp3) is 0.227. The molecule has 0 saturated heterocycles. The molecule has 1 aliphatic rings. The summed E-state index contributed by atoms with van der Waals surface area (Å²) in [6.07, 6.45) is 0.525. The van der Waals surface area contributed by atoms with Gasteiger partial charge in [-0.15, -0.1) is 11.3 Å². The highest BCUT2D eigenvalue weighted by Crippen LogP contribution is 2.25. The molecule has 0 fully saturated rings. The first-order valence-corrected chi connectivity index (χ1v) is 10.3. The van der Waals surface area contributed by atoms with E-state index in [2.05, 4.69) is 10.3 Å². The Balaban J connectivity index is 1.47. The van der Waals surface area contributed by atoms with Gasteiger partial charge in [0, 0.05) is 23.2 Å². The van der Waals surface area contributed by atoms with E-state index in [0.717, 1.165) is 27.4 Å². The Hall–Kier alpha value is -3.03. The van der Waals surface area contributed by atoms with Gasteiger partial charge in [-0.05, 0) is 36.6 Å². The molecule has 1 aromatic heterocycles. The highest BCUT2D eigenvalue weighted by Gasteiger charge is 2.31. The molecule has 0 bridgehead atoms. The van der Waals surface area contributed by atoms with Crippen molar-refractivity contribution in [3.63, 3.8) is 0 Å². The molecule has 148 valence electrons. The third-order valence-electron chi connectivity index (χ3n) is 5.08. The smallest absolute Gasteiger partial charge is 0.238 e. The quantitative estimate of drug-likeness (QED) is 0.682. The number of amides is 2. The maximum absolute atomic E-state index is 12.7. The van der Waals surface area contributed by atoms with Crippen molar-refractivity contribution < 1.29 is 9.59 Å². The number of carbonyl (C=O) groups is 2. The van der Waals surface area contributed by atoms with Crippen molar-refractivity contribution in [2.75, 3.05) is 11.9 Å². The third-order valence-corrected chi connectivity index (χ3v) is 5.86. The Morgan fingerprint density at radius 1 is 1.21 bits per heavy atom. The van der Waals surface area contributed by atoms with Gasteiger partial charge in [0.1, 0.15) is 0 Å². The second-order valence-electron chi connectivity index (χ2n) is 7.18. The maximum atomic E-state index is 12.7. The summed E-state index contributed by atoms with van der Waals surface area (Å²) in [5.41, 5.74) is 10.4. The van der Waals surface area contributed by atoms with Crippen LogP contribution in [-0.4, -0.2) is 34.3 Å². The van der Waals surface area contributed by atoms with Crippen LogP contribution in [0.3, 0.4) is 0 Å². The summed E-state index contributed by atoms with van der Waals surface area (Å²) in [6.45, 7) is 2.59.